The summed E-state index contributed by atoms with van der Waals surface area (Å²) >= 11 is 0. The number of benzene rings is 2. The normalized spacial score (nSPS) is 12.0. The molecule has 1 N–H and O–H groups in total. The number of rotatable bonds is 6. The fraction of sp³-hybridized carbons (Fsp3) is 0.154. The lowest BCUT2D eigenvalue weighted by Crippen LogP contribution is -2.25. The molecule has 4 aromatic rings. The summed E-state index contributed by atoms with van der Waals surface area (Å²) in [6.07, 6.45) is 5.54. The monoisotopic (exact) mass is 425 g/mol. The maximum Gasteiger partial charge on any atom is 0.268 e. The van der Waals surface area contributed by atoms with Gasteiger partial charge in [0.1, 0.15) is 5.69 Å². The second-order valence-electron chi connectivity index (χ2n) is 7.77. The Labute approximate surface area is 186 Å². The standard InChI is InChI=1S/C26H23N3O3/c1-18-4-2-3-5-21(18)15-29-16-22(20-8-10-27-11-9-20)13-23(29)26(30)28-14-19-6-7-24-25(12-19)32-17-31-24/h2-13,16H,14-15,17H2,1H3,(H,28,30). The molecule has 0 atom stereocenters. The van der Waals surface area contributed by atoms with E-state index in [1.54, 1.807) is 12.4 Å². The predicted octanol–water partition coefficient (Wildman–Crippen LogP) is 4.57. The molecule has 2 aromatic heterocycles. The maximum absolute atomic E-state index is 13.2. The summed E-state index contributed by atoms with van der Waals surface area (Å²) in [4.78, 5) is 17.3. The van der Waals surface area contributed by atoms with Crippen LogP contribution in [-0.4, -0.2) is 22.3 Å². The van der Waals surface area contributed by atoms with E-state index in [0.717, 1.165) is 22.4 Å². The van der Waals surface area contributed by atoms with Crippen molar-refractivity contribution < 1.29 is 14.3 Å². The highest BCUT2D eigenvalue weighted by molar-refractivity contribution is 5.94. The summed E-state index contributed by atoms with van der Waals surface area (Å²) < 4.78 is 12.8. The third-order valence-electron chi connectivity index (χ3n) is 5.63. The number of carbonyl (C=O) groups excluding carboxylic acids is 1. The fourth-order valence-electron chi connectivity index (χ4n) is 3.83. The second-order valence-corrected chi connectivity index (χ2v) is 7.77. The summed E-state index contributed by atoms with van der Waals surface area (Å²) in [7, 11) is 0. The van der Waals surface area contributed by atoms with E-state index in [-0.39, 0.29) is 12.7 Å². The summed E-state index contributed by atoms with van der Waals surface area (Å²) in [6, 6.07) is 19.8. The van der Waals surface area contributed by atoms with Gasteiger partial charge in [-0.15, -0.1) is 0 Å². The van der Waals surface area contributed by atoms with Crippen LogP contribution in [-0.2, 0) is 13.1 Å². The predicted molar refractivity (Wildman–Crippen MR) is 122 cm³/mol. The molecule has 1 aliphatic heterocycles. The van der Waals surface area contributed by atoms with E-state index in [0.29, 0.717) is 24.5 Å². The number of ether oxygens (including phenoxy) is 2. The van der Waals surface area contributed by atoms with Gasteiger partial charge in [-0.05, 0) is 59.5 Å². The van der Waals surface area contributed by atoms with Crippen molar-refractivity contribution in [1.29, 1.82) is 0 Å². The molecule has 1 aliphatic rings. The van der Waals surface area contributed by atoms with Crippen molar-refractivity contribution in [3.63, 3.8) is 0 Å². The molecule has 1 amide bonds. The van der Waals surface area contributed by atoms with Crippen LogP contribution in [0.15, 0.2) is 79.3 Å². The minimum absolute atomic E-state index is 0.128. The lowest BCUT2D eigenvalue weighted by molar-refractivity contribution is 0.0942. The third kappa shape index (κ3) is 4.07. The van der Waals surface area contributed by atoms with Gasteiger partial charge in [0.15, 0.2) is 11.5 Å². The highest BCUT2D eigenvalue weighted by Gasteiger charge is 2.17. The number of carbonyl (C=O) groups is 1. The molecule has 160 valence electrons. The van der Waals surface area contributed by atoms with Gasteiger partial charge < -0.3 is 19.4 Å². The molecule has 0 aliphatic carbocycles. The zero-order chi connectivity index (χ0) is 21.9. The number of aryl methyl sites for hydroxylation is 1. The number of aromatic nitrogens is 2. The van der Waals surface area contributed by atoms with E-state index in [1.807, 2.05) is 59.3 Å². The zero-order valence-electron chi connectivity index (χ0n) is 17.7. The highest BCUT2D eigenvalue weighted by Crippen LogP contribution is 2.32. The van der Waals surface area contributed by atoms with Gasteiger partial charge in [0.05, 0.1) is 0 Å². The Morgan fingerprint density at radius 3 is 2.66 bits per heavy atom. The summed E-state index contributed by atoms with van der Waals surface area (Å²) in [5, 5.41) is 3.04. The van der Waals surface area contributed by atoms with Crippen molar-refractivity contribution in [2.45, 2.75) is 20.0 Å². The Hall–Kier alpha value is -4.06. The summed E-state index contributed by atoms with van der Waals surface area (Å²) in [5.41, 5.74) is 5.94. The number of fused-ring (bicyclic) bond motifs is 1. The Morgan fingerprint density at radius 1 is 1.00 bits per heavy atom. The van der Waals surface area contributed by atoms with Gasteiger partial charge in [-0.3, -0.25) is 9.78 Å². The highest BCUT2D eigenvalue weighted by atomic mass is 16.7. The van der Waals surface area contributed by atoms with Gasteiger partial charge in [0.2, 0.25) is 6.79 Å². The summed E-state index contributed by atoms with van der Waals surface area (Å²) in [5.74, 6) is 1.31. The molecule has 0 saturated heterocycles. The van der Waals surface area contributed by atoms with Crippen LogP contribution in [0.5, 0.6) is 11.5 Å². The van der Waals surface area contributed by atoms with Crippen LogP contribution in [0.1, 0.15) is 27.2 Å². The quantitative estimate of drug-likeness (QED) is 0.492. The van der Waals surface area contributed by atoms with Crippen molar-refractivity contribution in [2.24, 2.45) is 0 Å². The lowest BCUT2D eigenvalue weighted by Gasteiger charge is -2.12. The van der Waals surface area contributed by atoms with Crippen molar-refractivity contribution >= 4 is 5.91 Å². The molecule has 6 nitrogen and oxygen atoms in total. The Balaban J connectivity index is 1.41. The van der Waals surface area contributed by atoms with E-state index in [1.165, 1.54) is 11.1 Å². The van der Waals surface area contributed by atoms with Gasteiger partial charge in [-0.1, -0.05) is 30.3 Å². The fourth-order valence-corrected chi connectivity index (χ4v) is 3.83. The van der Waals surface area contributed by atoms with Crippen molar-refractivity contribution in [1.82, 2.24) is 14.9 Å². The molecule has 0 saturated carbocycles. The number of nitrogens with one attached hydrogen (secondary N) is 1. The zero-order valence-corrected chi connectivity index (χ0v) is 17.7. The Kier molecular flexibility index (Phi) is 5.34. The molecule has 6 heteroatoms. The van der Waals surface area contributed by atoms with Crippen molar-refractivity contribution in [3.05, 3.63) is 102 Å². The van der Waals surface area contributed by atoms with E-state index in [9.17, 15) is 4.79 Å². The molecule has 0 spiro atoms. The number of hydrogen-bond acceptors (Lipinski definition) is 4. The average Bonchev–Trinajstić information content (AvgIpc) is 3.46. The molecule has 0 bridgehead atoms. The van der Waals surface area contributed by atoms with Crippen LogP contribution in [0.2, 0.25) is 0 Å². The molecule has 2 aromatic carbocycles. The number of amides is 1. The van der Waals surface area contributed by atoms with Gasteiger partial charge in [0, 0.05) is 37.2 Å². The molecular weight excluding hydrogens is 402 g/mol. The first-order valence-electron chi connectivity index (χ1n) is 10.5. The first kappa shape index (κ1) is 19.9. The lowest BCUT2D eigenvalue weighted by atomic mass is 10.1. The van der Waals surface area contributed by atoms with Crippen molar-refractivity contribution in [3.8, 4) is 22.6 Å². The molecule has 5 rings (SSSR count). The molecule has 0 fully saturated rings. The van der Waals surface area contributed by atoms with Crippen LogP contribution in [0.4, 0.5) is 0 Å². The van der Waals surface area contributed by atoms with E-state index < -0.39 is 0 Å². The number of pyridine rings is 1. The minimum Gasteiger partial charge on any atom is -0.454 e. The second kappa shape index (κ2) is 8.59. The van der Waals surface area contributed by atoms with E-state index in [2.05, 4.69) is 29.4 Å². The molecular formula is C26H23N3O3. The Bertz CT molecular complexity index is 1260. The minimum atomic E-state index is -0.128. The van der Waals surface area contributed by atoms with Crippen LogP contribution in [0.3, 0.4) is 0 Å². The molecule has 3 heterocycles. The van der Waals surface area contributed by atoms with E-state index >= 15 is 0 Å². The SMILES string of the molecule is Cc1ccccc1Cn1cc(-c2ccncc2)cc1C(=O)NCc1ccc2c(c1)OCO2. The van der Waals surface area contributed by atoms with Gasteiger partial charge in [-0.2, -0.15) is 0 Å². The van der Waals surface area contributed by atoms with Gasteiger partial charge >= 0.3 is 0 Å². The van der Waals surface area contributed by atoms with Crippen LogP contribution >= 0.6 is 0 Å². The van der Waals surface area contributed by atoms with Crippen molar-refractivity contribution in [2.75, 3.05) is 6.79 Å². The first-order valence-corrected chi connectivity index (χ1v) is 10.5. The third-order valence-corrected chi connectivity index (χ3v) is 5.63. The largest absolute Gasteiger partial charge is 0.454 e. The topological polar surface area (TPSA) is 65.4 Å². The first-order chi connectivity index (χ1) is 15.7. The number of hydrogen-bond donors (Lipinski definition) is 1. The number of nitrogens with zero attached hydrogens (tertiary/aromatic N) is 2. The van der Waals surface area contributed by atoms with Crippen LogP contribution < -0.4 is 14.8 Å². The Morgan fingerprint density at radius 2 is 1.81 bits per heavy atom. The molecule has 0 unspecified atom stereocenters. The smallest absolute Gasteiger partial charge is 0.268 e. The summed E-state index contributed by atoms with van der Waals surface area (Å²) in [6.45, 7) is 3.33. The maximum atomic E-state index is 13.2. The molecule has 32 heavy (non-hydrogen) atoms. The van der Waals surface area contributed by atoms with Gasteiger partial charge in [-0.25, -0.2) is 0 Å². The molecule has 0 radical (unpaired) electrons. The average molecular weight is 425 g/mol. The van der Waals surface area contributed by atoms with Gasteiger partial charge in [0.25, 0.3) is 5.91 Å². The van der Waals surface area contributed by atoms with Crippen LogP contribution in [0, 0.1) is 6.92 Å². The van der Waals surface area contributed by atoms with Crippen LogP contribution in [0.25, 0.3) is 11.1 Å². The van der Waals surface area contributed by atoms with E-state index in [4.69, 9.17) is 9.47 Å².